The Morgan fingerprint density at radius 1 is 1.24 bits per heavy atom. The fourth-order valence-corrected chi connectivity index (χ4v) is 2.37. The Bertz CT molecular complexity index is 545. The van der Waals surface area contributed by atoms with Gasteiger partial charge in [-0.1, -0.05) is 18.2 Å². The average molecular weight is 286 g/mol. The van der Waals surface area contributed by atoms with Crippen molar-refractivity contribution in [2.24, 2.45) is 0 Å². The van der Waals surface area contributed by atoms with Gasteiger partial charge in [0.1, 0.15) is 0 Å². The zero-order chi connectivity index (χ0) is 15.2. The van der Waals surface area contributed by atoms with Crippen molar-refractivity contribution in [2.45, 2.75) is 33.2 Å². The van der Waals surface area contributed by atoms with Gasteiger partial charge in [-0.2, -0.15) is 0 Å². The largest absolute Gasteiger partial charge is 0.375 e. The minimum absolute atomic E-state index is 0.431. The van der Waals surface area contributed by atoms with Gasteiger partial charge in [-0.15, -0.1) is 0 Å². The van der Waals surface area contributed by atoms with Crippen LogP contribution in [0.4, 0.5) is 11.6 Å². The van der Waals surface area contributed by atoms with Crippen molar-refractivity contribution in [2.75, 3.05) is 30.4 Å². The van der Waals surface area contributed by atoms with Crippen molar-refractivity contribution in [1.82, 2.24) is 9.55 Å². The quantitative estimate of drug-likeness (QED) is 0.788. The molecule has 114 valence electrons. The number of hydrogen-bond acceptors (Lipinski definition) is 3. The van der Waals surface area contributed by atoms with Crippen molar-refractivity contribution < 1.29 is 0 Å². The molecule has 0 fully saturated rings. The third-order valence-corrected chi connectivity index (χ3v) is 3.56. The maximum absolute atomic E-state index is 4.54. The Morgan fingerprint density at radius 3 is 2.62 bits per heavy atom. The highest BCUT2D eigenvalue weighted by atomic mass is 15.2. The fourth-order valence-electron chi connectivity index (χ4n) is 2.37. The number of aromatic nitrogens is 2. The number of para-hydroxylation sites is 1. The molecule has 0 aliphatic carbocycles. The first-order chi connectivity index (χ1) is 10.1. The van der Waals surface area contributed by atoms with Crippen molar-refractivity contribution in [3.05, 3.63) is 42.2 Å². The normalized spacial score (nSPS) is 10.9. The molecule has 0 spiro atoms. The molecule has 0 radical (unpaired) electrons. The highest BCUT2D eigenvalue weighted by Gasteiger charge is 2.07. The predicted molar refractivity (Wildman–Crippen MR) is 90.2 cm³/mol. The molecule has 0 aliphatic rings. The molecule has 1 aromatic heterocycles. The Hall–Kier alpha value is -1.97. The summed E-state index contributed by atoms with van der Waals surface area (Å²) in [6, 6.07) is 10.9. The zero-order valence-corrected chi connectivity index (χ0v) is 13.5. The maximum atomic E-state index is 4.54. The van der Waals surface area contributed by atoms with E-state index in [9.17, 15) is 0 Å². The lowest BCUT2D eigenvalue weighted by atomic mass is 10.3. The van der Waals surface area contributed by atoms with Crippen LogP contribution in [0.2, 0.25) is 0 Å². The molecule has 2 aromatic rings. The van der Waals surface area contributed by atoms with E-state index in [2.05, 4.69) is 71.1 Å². The Balaban J connectivity index is 1.80. The second-order valence-electron chi connectivity index (χ2n) is 5.74. The van der Waals surface area contributed by atoms with Gasteiger partial charge in [0.25, 0.3) is 0 Å². The Kier molecular flexibility index (Phi) is 5.26. The number of anilines is 2. The number of nitrogens with zero attached hydrogens (tertiary/aromatic N) is 3. The number of imidazole rings is 1. The van der Waals surface area contributed by atoms with Crippen LogP contribution < -0.4 is 10.2 Å². The van der Waals surface area contributed by atoms with Gasteiger partial charge in [0.05, 0.1) is 5.69 Å². The monoisotopic (exact) mass is 286 g/mol. The van der Waals surface area contributed by atoms with Gasteiger partial charge in [-0.05, 0) is 39.3 Å². The third kappa shape index (κ3) is 4.25. The third-order valence-electron chi connectivity index (χ3n) is 3.56. The lowest BCUT2D eigenvalue weighted by Crippen LogP contribution is -2.21. The van der Waals surface area contributed by atoms with Crippen molar-refractivity contribution in [3.63, 3.8) is 0 Å². The van der Waals surface area contributed by atoms with Crippen LogP contribution in [0.3, 0.4) is 0 Å². The molecule has 2 rings (SSSR count). The molecule has 0 amide bonds. The van der Waals surface area contributed by atoms with Crippen LogP contribution in [0.25, 0.3) is 0 Å². The number of hydrogen-bond donors (Lipinski definition) is 1. The van der Waals surface area contributed by atoms with Crippen LogP contribution >= 0.6 is 0 Å². The lowest BCUT2D eigenvalue weighted by molar-refractivity contribution is 0.603. The first-order valence-electron chi connectivity index (χ1n) is 7.63. The van der Waals surface area contributed by atoms with E-state index in [4.69, 9.17) is 0 Å². The summed E-state index contributed by atoms with van der Waals surface area (Å²) in [6.45, 7) is 8.34. The highest BCUT2D eigenvalue weighted by Crippen LogP contribution is 2.15. The second kappa shape index (κ2) is 7.16. The topological polar surface area (TPSA) is 33.1 Å². The highest BCUT2D eigenvalue weighted by molar-refractivity contribution is 5.44. The molecule has 0 saturated carbocycles. The molecule has 0 saturated heterocycles. The molecule has 1 N–H and O–H groups in total. The summed E-state index contributed by atoms with van der Waals surface area (Å²) in [4.78, 5) is 6.82. The summed E-state index contributed by atoms with van der Waals surface area (Å²) in [5.74, 6) is 0.977. The van der Waals surface area contributed by atoms with E-state index in [0.29, 0.717) is 6.04 Å². The van der Waals surface area contributed by atoms with E-state index in [1.165, 1.54) is 5.69 Å². The minimum Gasteiger partial charge on any atom is -0.375 e. The van der Waals surface area contributed by atoms with Crippen molar-refractivity contribution in [3.8, 4) is 0 Å². The van der Waals surface area contributed by atoms with Crippen molar-refractivity contribution >= 4 is 11.6 Å². The summed E-state index contributed by atoms with van der Waals surface area (Å²) in [5, 5.41) is 3.45. The van der Waals surface area contributed by atoms with Gasteiger partial charge in [0, 0.05) is 38.1 Å². The Labute approximate surface area is 127 Å². The predicted octanol–water partition coefficient (Wildman–Crippen LogP) is 3.71. The molecular weight excluding hydrogens is 260 g/mol. The van der Waals surface area contributed by atoms with E-state index in [1.54, 1.807) is 0 Å². The van der Waals surface area contributed by atoms with E-state index in [0.717, 1.165) is 31.2 Å². The number of nitrogens with one attached hydrogen (secondary N) is 1. The fraction of sp³-hybridized carbons (Fsp3) is 0.471. The summed E-state index contributed by atoms with van der Waals surface area (Å²) in [6.07, 6.45) is 3.18. The Morgan fingerprint density at radius 2 is 1.95 bits per heavy atom. The van der Waals surface area contributed by atoms with Crippen LogP contribution in [-0.2, 0) is 0 Å². The van der Waals surface area contributed by atoms with E-state index in [-0.39, 0.29) is 0 Å². The molecule has 4 nitrogen and oxygen atoms in total. The first-order valence-corrected chi connectivity index (χ1v) is 7.63. The van der Waals surface area contributed by atoms with E-state index in [1.807, 2.05) is 13.0 Å². The van der Waals surface area contributed by atoms with Crippen LogP contribution in [0.5, 0.6) is 0 Å². The van der Waals surface area contributed by atoms with Gasteiger partial charge >= 0.3 is 0 Å². The SMILES string of the molecule is Cc1cn(C(C)C)c(NCCCN(C)c2ccccc2)n1. The molecule has 21 heavy (non-hydrogen) atoms. The molecule has 4 heteroatoms. The van der Waals surface area contributed by atoms with Crippen LogP contribution in [0.1, 0.15) is 32.0 Å². The van der Waals surface area contributed by atoms with Gasteiger partial charge in [0.15, 0.2) is 0 Å². The van der Waals surface area contributed by atoms with Crippen LogP contribution in [0, 0.1) is 6.92 Å². The minimum atomic E-state index is 0.431. The molecule has 1 heterocycles. The summed E-state index contributed by atoms with van der Waals surface area (Å²) in [5.41, 5.74) is 2.32. The van der Waals surface area contributed by atoms with Gasteiger partial charge in [0.2, 0.25) is 5.95 Å². The zero-order valence-electron chi connectivity index (χ0n) is 13.5. The van der Waals surface area contributed by atoms with E-state index >= 15 is 0 Å². The number of aryl methyl sites for hydroxylation is 1. The molecule has 0 bridgehead atoms. The summed E-state index contributed by atoms with van der Waals surface area (Å²) < 4.78 is 2.19. The second-order valence-corrected chi connectivity index (χ2v) is 5.74. The van der Waals surface area contributed by atoms with E-state index < -0.39 is 0 Å². The van der Waals surface area contributed by atoms with Gasteiger partial charge in [-0.3, -0.25) is 0 Å². The lowest BCUT2D eigenvalue weighted by Gasteiger charge is -2.19. The molecule has 0 unspecified atom stereocenters. The molecule has 0 aliphatic heterocycles. The average Bonchev–Trinajstić information content (AvgIpc) is 2.85. The summed E-state index contributed by atoms with van der Waals surface area (Å²) >= 11 is 0. The first kappa shape index (κ1) is 15.4. The molecule has 0 atom stereocenters. The maximum Gasteiger partial charge on any atom is 0.203 e. The van der Waals surface area contributed by atoms with Crippen LogP contribution in [0.15, 0.2) is 36.5 Å². The summed E-state index contributed by atoms with van der Waals surface area (Å²) in [7, 11) is 2.13. The molecular formula is C17H26N4. The smallest absolute Gasteiger partial charge is 0.203 e. The van der Waals surface area contributed by atoms with Gasteiger partial charge < -0.3 is 14.8 Å². The van der Waals surface area contributed by atoms with Gasteiger partial charge in [-0.25, -0.2) is 4.98 Å². The standard InChI is InChI=1S/C17H26N4/c1-14(2)21-13-15(3)19-17(21)18-11-8-12-20(4)16-9-6-5-7-10-16/h5-7,9-10,13-14H,8,11-12H2,1-4H3,(H,18,19). The number of benzene rings is 1. The molecule has 1 aromatic carbocycles. The number of rotatable bonds is 7. The van der Waals surface area contributed by atoms with Crippen LogP contribution in [-0.4, -0.2) is 29.7 Å². The van der Waals surface area contributed by atoms with Crippen molar-refractivity contribution in [1.29, 1.82) is 0 Å².